The monoisotopic (exact) mass is 223 g/mol. The molecule has 1 amide bonds. The van der Waals surface area contributed by atoms with Crippen molar-refractivity contribution < 1.29 is 4.79 Å². The largest absolute Gasteiger partial charge is 0.307 e. The molecule has 0 rings (SSSR count). The van der Waals surface area contributed by atoms with E-state index in [1.807, 2.05) is 0 Å². The molecule has 0 saturated heterocycles. The fourth-order valence-corrected chi connectivity index (χ4v) is 0.499. The predicted octanol–water partition coefficient (Wildman–Crippen LogP) is -1.05. The fourth-order valence-electron chi connectivity index (χ4n) is 0.499. The van der Waals surface area contributed by atoms with Crippen molar-refractivity contribution in [3.05, 3.63) is 0 Å². The Morgan fingerprint density at radius 2 is 1.27 bits per heavy atom. The van der Waals surface area contributed by atoms with Gasteiger partial charge in [-0.1, -0.05) is 0 Å². The van der Waals surface area contributed by atoms with Gasteiger partial charge in [-0.05, 0) is 0 Å². The summed E-state index contributed by atoms with van der Waals surface area (Å²) >= 11 is 0. The van der Waals surface area contributed by atoms with E-state index >= 15 is 0 Å². The van der Waals surface area contributed by atoms with Crippen LogP contribution < -0.4 is 0 Å². The van der Waals surface area contributed by atoms with E-state index in [9.17, 15) is 4.79 Å². The van der Waals surface area contributed by atoms with Gasteiger partial charge < -0.3 is 0 Å². The Morgan fingerprint density at radius 3 is 1.47 bits per heavy atom. The van der Waals surface area contributed by atoms with Crippen molar-refractivity contribution in [2.24, 2.45) is 5.41 Å². The van der Waals surface area contributed by atoms with Gasteiger partial charge in [-0.25, -0.2) is 0 Å². The first-order chi connectivity index (χ1) is 6.61. The third-order valence-electron chi connectivity index (χ3n) is 1.23. The molecule has 0 spiro atoms. The van der Waals surface area contributed by atoms with E-state index in [0.29, 0.717) is 0 Å². The average molecular weight is 223 g/mol. The Labute approximate surface area is 128 Å². The van der Waals surface area contributed by atoms with Gasteiger partial charge in [0.1, 0.15) is 18.2 Å². The van der Waals surface area contributed by atoms with Crippen molar-refractivity contribution in [2.75, 3.05) is 0 Å². The summed E-state index contributed by atoms with van der Waals surface area (Å²) in [7, 11) is 0. The number of amides is 1. The number of hydrogen-bond acceptors (Lipinski definition) is 6. The third-order valence-corrected chi connectivity index (χ3v) is 1.23. The quantitative estimate of drug-likeness (QED) is 0.315. The molecule has 0 fully saturated rings. The van der Waals surface area contributed by atoms with Crippen molar-refractivity contribution in [3.8, 4) is 30.6 Å². The Hall–Kier alpha value is -1.44. The standard InChI is InChI=1S/C7N6O.K/c8-1-7(2-9,3-10)6(14)13(4-11)5-12;. The number of nitrogens with zero attached hydrogens (tertiary/aromatic N) is 6. The Morgan fingerprint density at radius 1 is 0.933 bits per heavy atom. The first-order valence-corrected chi connectivity index (χ1v) is 2.99. The molecular weight excluding hydrogens is 223 g/mol. The average Bonchev–Trinajstić information content (AvgIpc) is 2.23. The molecule has 65 valence electrons. The maximum absolute atomic E-state index is 11.1. The van der Waals surface area contributed by atoms with Crippen LogP contribution in [0.1, 0.15) is 0 Å². The van der Waals surface area contributed by atoms with Gasteiger partial charge in [0, 0.05) is 51.4 Å². The molecular formula is C7KN6O. The van der Waals surface area contributed by atoms with Crippen LogP contribution in [0, 0.1) is 62.3 Å². The van der Waals surface area contributed by atoms with Crippen molar-refractivity contribution in [1.82, 2.24) is 4.90 Å². The topological polar surface area (TPSA) is 139 Å². The summed E-state index contributed by atoms with van der Waals surface area (Å²) in [6.45, 7) is 0. The second-order valence-corrected chi connectivity index (χ2v) is 1.93. The van der Waals surface area contributed by atoms with E-state index in [1.165, 1.54) is 0 Å². The second kappa shape index (κ2) is 6.93. The van der Waals surface area contributed by atoms with Gasteiger partial charge in [0.25, 0.3) is 5.91 Å². The van der Waals surface area contributed by atoms with Crippen LogP contribution in [0.2, 0.25) is 0 Å². The number of nitriles is 5. The van der Waals surface area contributed by atoms with Crippen molar-refractivity contribution in [3.63, 3.8) is 0 Å². The van der Waals surface area contributed by atoms with Gasteiger partial charge >= 0.3 is 5.41 Å². The number of carbonyl (C=O) groups excluding carboxylic acids is 1. The van der Waals surface area contributed by atoms with E-state index < -0.39 is 11.3 Å². The van der Waals surface area contributed by atoms with Gasteiger partial charge in [-0.2, -0.15) is 26.3 Å². The van der Waals surface area contributed by atoms with Crippen LogP contribution >= 0.6 is 0 Å². The Bertz CT molecular complexity index is 414. The van der Waals surface area contributed by atoms with Crippen molar-refractivity contribution in [1.29, 1.82) is 26.3 Å². The number of carbonyl (C=O) groups is 1. The fraction of sp³-hybridized carbons (Fsp3) is 0.143. The van der Waals surface area contributed by atoms with E-state index in [4.69, 9.17) is 26.3 Å². The van der Waals surface area contributed by atoms with Crippen molar-refractivity contribution in [2.45, 2.75) is 0 Å². The molecule has 7 nitrogen and oxygen atoms in total. The molecule has 1 radical (unpaired) electrons. The van der Waals surface area contributed by atoms with E-state index in [2.05, 4.69) is 0 Å². The van der Waals surface area contributed by atoms with Crippen molar-refractivity contribution >= 4 is 57.3 Å². The molecule has 0 aliphatic heterocycles. The van der Waals surface area contributed by atoms with E-state index in [1.54, 1.807) is 0 Å². The summed E-state index contributed by atoms with van der Waals surface area (Å²) in [4.78, 5) is 11.0. The molecule has 0 bridgehead atoms. The Kier molecular flexibility index (Phi) is 7.39. The van der Waals surface area contributed by atoms with Crippen LogP contribution in [0.5, 0.6) is 0 Å². The molecule has 0 aromatic rings. The zero-order chi connectivity index (χ0) is 11.2. The molecule has 0 saturated carbocycles. The molecule has 0 N–H and O–H groups in total. The van der Waals surface area contributed by atoms with Crippen LogP contribution in [0.15, 0.2) is 0 Å². The Balaban J connectivity index is 0. The van der Waals surface area contributed by atoms with E-state index in [0.717, 1.165) is 30.6 Å². The smallest absolute Gasteiger partial charge is 0.268 e. The van der Waals surface area contributed by atoms with Gasteiger partial charge in [-0.3, -0.25) is 4.79 Å². The van der Waals surface area contributed by atoms with Crippen LogP contribution in [-0.2, 0) is 4.79 Å². The molecule has 0 heterocycles. The van der Waals surface area contributed by atoms with Crippen LogP contribution in [0.3, 0.4) is 0 Å². The summed E-state index contributed by atoms with van der Waals surface area (Å²) in [6, 6.07) is 3.44. The zero-order valence-corrected chi connectivity index (χ0v) is 10.7. The summed E-state index contributed by atoms with van der Waals surface area (Å²) < 4.78 is 0. The molecule has 0 aliphatic carbocycles. The van der Waals surface area contributed by atoms with Gasteiger partial charge in [-0.15, -0.1) is 4.90 Å². The minimum atomic E-state index is -2.63. The SMILES string of the molecule is N#CN(C#N)C(=O)C(C#N)(C#N)C#N.[K]. The predicted molar refractivity (Wildman–Crippen MR) is 43.1 cm³/mol. The van der Waals surface area contributed by atoms with Crippen LogP contribution in [0.4, 0.5) is 0 Å². The van der Waals surface area contributed by atoms with Gasteiger partial charge in [0.2, 0.25) is 12.4 Å². The van der Waals surface area contributed by atoms with E-state index in [-0.39, 0.29) is 56.3 Å². The summed E-state index contributed by atoms with van der Waals surface area (Å²) in [6.07, 6.45) is 2.26. The zero-order valence-electron chi connectivity index (χ0n) is 7.59. The number of rotatable bonds is 1. The van der Waals surface area contributed by atoms with Gasteiger partial charge in [0.15, 0.2) is 0 Å². The normalized spacial score (nSPS) is 7.40. The van der Waals surface area contributed by atoms with Gasteiger partial charge in [0.05, 0.1) is 0 Å². The summed E-state index contributed by atoms with van der Waals surface area (Å²) in [5, 5.41) is 41.8. The minimum absolute atomic E-state index is 0. The maximum Gasteiger partial charge on any atom is 0.307 e. The maximum atomic E-state index is 11.1. The number of hydrogen-bond donors (Lipinski definition) is 0. The molecule has 8 heteroatoms. The third kappa shape index (κ3) is 3.01. The molecule has 0 aliphatic rings. The molecule has 0 unspecified atom stereocenters. The summed E-state index contributed by atoms with van der Waals surface area (Å²) in [5.41, 5.74) is -2.63. The first kappa shape index (κ1) is 16.0. The summed E-state index contributed by atoms with van der Waals surface area (Å²) in [5.74, 6) is -1.46. The first-order valence-electron chi connectivity index (χ1n) is 2.99. The second-order valence-electron chi connectivity index (χ2n) is 1.93. The molecule has 0 atom stereocenters. The van der Waals surface area contributed by atoms with Crippen LogP contribution in [0.25, 0.3) is 0 Å². The van der Waals surface area contributed by atoms with Crippen LogP contribution in [-0.4, -0.2) is 62.2 Å². The molecule has 0 aromatic carbocycles. The molecule has 15 heavy (non-hydrogen) atoms. The minimum Gasteiger partial charge on any atom is -0.268 e. The molecule has 0 aromatic heterocycles.